The molecule has 0 bridgehead atoms. The lowest BCUT2D eigenvalue weighted by Crippen LogP contribution is -2.19. The Morgan fingerprint density at radius 2 is 1.63 bits per heavy atom. The lowest BCUT2D eigenvalue weighted by molar-refractivity contribution is 0.0174. The Hall–Kier alpha value is -0.300. The van der Waals surface area contributed by atoms with Gasteiger partial charge in [0.2, 0.25) is 0 Å². The molecule has 0 spiro atoms. The molecule has 1 aliphatic heterocycles. The van der Waals surface area contributed by atoms with Gasteiger partial charge in [-0.15, -0.1) is 0 Å². The first-order chi connectivity index (χ1) is 9.43. The summed E-state index contributed by atoms with van der Waals surface area (Å²) in [6.07, 6.45) is 20.9. The van der Waals surface area contributed by atoms with E-state index in [4.69, 9.17) is 4.74 Å². The Morgan fingerprint density at radius 3 is 2.63 bits per heavy atom. The molecule has 1 heterocycles. The van der Waals surface area contributed by atoms with Gasteiger partial charge in [-0.1, -0.05) is 44.3 Å². The number of ether oxygens (including phenoxy) is 1. The molecular formula is C18H30O. The highest BCUT2D eigenvalue weighted by Gasteiger charge is 2.36. The molecule has 0 amide bonds. The fraction of sp³-hybridized carbons (Fsp3) is 0.889. The second-order valence-corrected chi connectivity index (χ2v) is 7.00. The fourth-order valence-electron chi connectivity index (χ4n) is 3.97. The summed E-state index contributed by atoms with van der Waals surface area (Å²) in [4.78, 5) is 0. The number of hydrogen-bond donors (Lipinski definition) is 0. The number of allylic oxidation sites excluding steroid dienone is 2. The first kappa shape index (κ1) is 13.7. The zero-order valence-corrected chi connectivity index (χ0v) is 12.4. The molecule has 3 rings (SSSR count). The zero-order valence-electron chi connectivity index (χ0n) is 12.4. The fourth-order valence-corrected chi connectivity index (χ4v) is 3.97. The summed E-state index contributed by atoms with van der Waals surface area (Å²) >= 11 is 0. The van der Waals surface area contributed by atoms with Crippen LogP contribution in [0.15, 0.2) is 12.2 Å². The predicted octanol–water partition coefficient (Wildman–Crippen LogP) is 5.11. The van der Waals surface area contributed by atoms with E-state index in [2.05, 4.69) is 12.2 Å². The van der Waals surface area contributed by atoms with E-state index in [9.17, 15) is 0 Å². The lowest BCUT2D eigenvalue weighted by Gasteiger charge is -2.20. The van der Waals surface area contributed by atoms with Gasteiger partial charge in [0.25, 0.3) is 0 Å². The maximum Gasteiger partial charge on any atom is 0.0603 e. The standard InChI is InChI=1S/C18H30O/c1-2-4-6-9-15-11-8-12-18(15)19-14-17-13-16(17)10-7-5-3-1/h7,10,15-18H,1-6,8-9,11-14H2. The molecule has 0 aromatic heterocycles. The normalized spacial score (nSPS) is 40.8. The number of rotatable bonds is 0. The second-order valence-electron chi connectivity index (χ2n) is 7.00. The van der Waals surface area contributed by atoms with Crippen LogP contribution < -0.4 is 0 Å². The van der Waals surface area contributed by atoms with E-state index in [1.165, 1.54) is 70.6 Å². The van der Waals surface area contributed by atoms with E-state index >= 15 is 0 Å². The molecule has 4 atom stereocenters. The number of fused-ring (bicyclic) bond motifs is 2. The van der Waals surface area contributed by atoms with Crippen LogP contribution in [0.3, 0.4) is 0 Å². The molecule has 0 aromatic rings. The molecule has 0 aromatic carbocycles. The molecule has 1 heteroatoms. The Balaban J connectivity index is 1.51. The lowest BCUT2D eigenvalue weighted by atomic mass is 9.97. The smallest absolute Gasteiger partial charge is 0.0603 e. The van der Waals surface area contributed by atoms with Crippen LogP contribution in [0.5, 0.6) is 0 Å². The molecule has 4 unspecified atom stereocenters. The molecule has 2 aliphatic carbocycles. The van der Waals surface area contributed by atoms with Gasteiger partial charge in [-0.25, -0.2) is 0 Å². The highest BCUT2D eigenvalue weighted by molar-refractivity contribution is 5.02. The maximum atomic E-state index is 6.26. The SMILES string of the molecule is C1=CC2CC2COC2CCCC2CCCCCCC1. The summed E-state index contributed by atoms with van der Waals surface area (Å²) in [6.45, 7) is 1.04. The van der Waals surface area contributed by atoms with E-state index in [1.807, 2.05) is 0 Å². The molecule has 19 heavy (non-hydrogen) atoms. The average molecular weight is 262 g/mol. The topological polar surface area (TPSA) is 9.23 Å². The Labute approximate surface area is 118 Å². The summed E-state index contributed by atoms with van der Waals surface area (Å²) < 4.78 is 6.26. The van der Waals surface area contributed by atoms with Crippen molar-refractivity contribution in [1.82, 2.24) is 0 Å². The molecule has 0 saturated heterocycles. The molecule has 0 radical (unpaired) electrons. The van der Waals surface area contributed by atoms with Crippen molar-refractivity contribution in [3.63, 3.8) is 0 Å². The van der Waals surface area contributed by atoms with Gasteiger partial charge in [0, 0.05) is 0 Å². The molecule has 2 fully saturated rings. The molecular weight excluding hydrogens is 232 g/mol. The summed E-state index contributed by atoms with van der Waals surface area (Å²) in [6, 6.07) is 0. The van der Waals surface area contributed by atoms with E-state index in [1.54, 1.807) is 0 Å². The van der Waals surface area contributed by atoms with Crippen molar-refractivity contribution < 1.29 is 4.74 Å². The van der Waals surface area contributed by atoms with Gasteiger partial charge in [-0.2, -0.15) is 0 Å². The summed E-state index contributed by atoms with van der Waals surface area (Å²) in [5.74, 6) is 2.59. The molecule has 108 valence electrons. The van der Waals surface area contributed by atoms with Crippen LogP contribution in [0.4, 0.5) is 0 Å². The summed E-state index contributed by atoms with van der Waals surface area (Å²) in [5, 5.41) is 0. The van der Waals surface area contributed by atoms with E-state index < -0.39 is 0 Å². The Bertz CT molecular complexity index is 296. The monoisotopic (exact) mass is 262 g/mol. The highest BCUT2D eigenvalue weighted by Crippen LogP contribution is 2.41. The first-order valence-corrected chi connectivity index (χ1v) is 8.72. The largest absolute Gasteiger partial charge is 0.378 e. The van der Waals surface area contributed by atoms with Gasteiger partial charge in [-0.05, 0) is 56.3 Å². The van der Waals surface area contributed by atoms with E-state index in [-0.39, 0.29) is 0 Å². The second kappa shape index (κ2) is 6.92. The minimum Gasteiger partial charge on any atom is -0.378 e. The zero-order chi connectivity index (χ0) is 12.9. The third-order valence-electron chi connectivity index (χ3n) is 5.42. The van der Waals surface area contributed by atoms with Crippen molar-refractivity contribution in [3.05, 3.63) is 12.2 Å². The minimum absolute atomic E-state index is 0.607. The van der Waals surface area contributed by atoms with Gasteiger partial charge in [0.1, 0.15) is 0 Å². The van der Waals surface area contributed by atoms with Crippen molar-refractivity contribution in [1.29, 1.82) is 0 Å². The third-order valence-corrected chi connectivity index (χ3v) is 5.42. The highest BCUT2D eigenvalue weighted by atomic mass is 16.5. The van der Waals surface area contributed by atoms with Crippen LogP contribution in [0.2, 0.25) is 0 Å². The Kier molecular flexibility index (Phi) is 4.98. The quantitative estimate of drug-likeness (QED) is 0.551. The van der Waals surface area contributed by atoms with Crippen molar-refractivity contribution >= 4 is 0 Å². The van der Waals surface area contributed by atoms with Crippen molar-refractivity contribution in [2.75, 3.05) is 6.61 Å². The van der Waals surface area contributed by atoms with Crippen molar-refractivity contribution in [3.8, 4) is 0 Å². The molecule has 0 N–H and O–H groups in total. The maximum absolute atomic E-state index is 6.26. The van der Waals surface area contributed by atoms with Crippen LogP contribution in [0, 0.1) is 17.8 Å². The minimum atomic E-state index is 0.607. The van der Waals surface area contributed by atoms with Gasteiger partial charge < -0.3 is 4.74 Å². The molecule has 3 aliphatic rings. The number of hydrogen-bond acceptors (Lipinski definition) is 1. The van der Waals surface area contributed by atoms with Crippen LogP contribution >= 0.6 is 0 Å². The van der Waals surface area contributed by atoms with Crippen LogP contribution in [-0.4, -0.2) is 12.7 Å². The Morgan fingerprint density at radius 1 is 0.789 bits per heavy atom. The van der Waals surface area contributed by atoms with Gasteiger partial charge in [0.05, 0.1) is 12.7 Å². The van der Waals surface area contributed by atoms with Gasteiger partial charge >= 0.3 is 0 Å². The van der Waals surface area contributed by atoms with Crippen LogP contribution in [0.25, 0.3) is 0 Å². The summed E-state index contributed by atoms with van der Waals surface area (Å²) in [7, 11) is 0. The van der Waals surface area contributed by atoms with Crippen molar-refractivity contribution in [2.45, 2.75) is 76.7 Å². The van der Waals surface area contributed by atoms with Crippen LogP contribution in [0.1, 0.15) is 70.6 Å². The third kappa shape index (κ3) is 4.08. The van der Waals surface area contributed by atoms with E-state index in [0.29, 0.717) is 6.10 Å². The molecule has 2 saturated carbocycles. The van der Waals surface area contributed by atoms with Crippen molar-refractivity contribution in [2.24, 2.45) is 17.8 Å². The van der Waals surface area contributed by atoms with E-state index in [0.717, 1.165) is 24.4 Å². The first-order valence-electron chi connectivity index (χ1n) is 8.72. The van der Waals surface area contributed by atoms with Crippen LogP contribution in [-0.2, 0) is 4.74 Å². The predicted molar refractivity (Wildman–Crippen MR) is 80.1 cm³/mol. The summed E-state index contributed by atoms with van der Waals surface area (Å²) in [5.41, 5.74) is 0. The van der Waals surface area contributed by atoms with Gasteiger partial charge in [0.15, 0.2) is 0 Å². The van der Waals surface area contributed by atoms with Gasteiger partial charge in [-0.3, -0.25) is 0 Å². The molecule has 1 nitrogen and oxygen atoms in total. The average Bonchev–Trinajstić information content (AvgIpc) is 3.01.